The lowest BCUT2D eigenvalue weighted by atomic mass is 10.3. The highest BCUT2D eigenvalue weighted by Gasteiger charge is 2.08. The van der Waals surface area contributed by atoms with Gasteiger partial charge < -0.3 is 14.8 Å². The summed E-state index contributed by atoms with van der Waals surface area (Å²) in [6.07, 6.45) is 4.64. The molecule has 0 bridgehead atoms. The van der Waals surface area contributed by atoms with Crippen LogP contribution in [0, 0.1) is 0 Å². The van der Waals surface area contributed by atoms with Gasteiger partial charge in [0.05, 0.1) is 12.2 Å². The second-order valence-corrected chi connectivity index (χ2v) is 4.00. The minimum absolute atomic E-state index is 0.127. The van der Waals surface area contributed by atoms with E-state index in [4.69, 9.17) is 9.52 Å². The van der Waals surface area contributed by atoms with Gasteiger partial charge in [0.1, 0.15) is 5.76 Å². The highest BCUT2D eigenvalue weighted by molar-refractivity contribution is 5.91. The predicted octanol–water partition coefficient (Wildman–Crippen LogP) is 1.04. The van der Waals surface area contributed by atoms with Crippen molar-refractivity contribution in [3.63, 3.8) is 0 Å². The first-order valence-corrected chi connectivity index (χ1v) is 5.82. The minimum atomic E-state index is -1.14. The van der Waals surface area contributed by atoms with E-state index in [1.807, 2.05) is 0 Å². The van der Waals surface area contributed by atoms with Crippen LogP contribution in [0.4, 0.5) is 0 Å². The zero-order valence-electron chi connectivity index (χ0n) is 10.7. The van der Waals surface area contributed by atoms with Crippen molar-refractivity contribution in [3.05, 3.63) is 47.7 Å². The number of carboxylic acid groups (broad SMARTS) is 1. The van der Waals surface area contributed by atoms with Crippen LogP contribution in [0.25, 0.3) is 6.08 Å². The van der Waals surface area contributed by atoms with Crippen LogP contribution >= 0.6 is 0 Å². The lowest BCUT2D eigenvalue weighted by Gasteiger charge is -1.99. The number of aryl methyl sites for hydroxylation is 1. The molecular weight excluding hydrogens is 262 g/mol. The van der Waals surface area contributed by atoms with Gasteiger partial charge in [-0.1, -0.05) is 0 Å². The molecule has 7 nitrogen and oxygen atoms in total. The summed E-state index contributed by atoms with van der Waals surface area (Å²) in [6, 6.07) is 4.62. The van der Waals surface area contributed by atoms with E-state index in [0.717, 1.165) is 5.69 Å². The fourth-order valence-electron chi connectivity index (χ4n) is 1.53. The summed E-state index contributed by atoms with van der Waals surface area (Å²) in [7, 11) is 1.77. The highest BCUT2D eigenvalue weighted by Crippen LogP contribution is 2.07. The molecule has 0 saturated carbocycles. The van der Waals surface area contributed by atoms with Crippen molar-refractivity contribution in [1.29, 1.82) is 0 Å². The van der Waals surface area contributed by atoms with Gasteiger partial charge in [0.2, 0.25) is 11.7 Å². The summed E-state index contributed by atoms with van der Waals surface area (Å²) in [5.74, 6) is -1.22. The van der Waals surface area contributed by atoms with Crippen LogP contribution in [0.5, 0.6) is 0 Å². The van der Waals surface area contributed by atoms with Gasteiger partial charge in [0.25, 0.3) is 0 Å². The van der Waals surface area contributed by atoms with Crippen molar-refractivity contribution in [2.75, 3.05) is 0 Å². The number of nitrogens with one attached hydrogen (secondary N) is 1. The van der Waals surface area contributed by atoms with Crippen LogP contribution in [0.3, 0.4) is 0 Å². The van der Waals surface area contributed by atoms with Crippen molar-refractivity contribution in [1.82, 2.24) is 15.1 Å². The SMILES string of the molecule is Cn1nccc1/C=C/C(=O)NCc1ccc(C(=O)O)o1. The molecule has 2 aromatic heterocycles. The molecule has 0 atom stereocenters. The van der Waals surface area contributed by atoms with Crippen LogP contribution in [0.15, 0.2) is 34.9 Å². The van der Waals surface area contributed by atoms with Crippen molar-refractivity contribution >= 4 is 18.0 Å². The highest BCUT2D eigenvalue weighted by atomic mass is 16.4. The van der Waals surface area contributed by atoms with E-state index in [1.165, 1.54) is 18.2 Å². The first kappa shape index (κ1) is 13.6. The van der Waals surface area contributed by atoms with E-state index >= 15 is 0 Å². The molecule has 2 N–H and O–H groups in total. The Morgan fingerprint density at radius 2 is 2.25 bits per heavy atom. The molecule has 2 heterocycles. The molecule has 0 aliphatic carbocycles. The van der Waals surface area contributed by atoms with Gasteiger partial charge in [0.15, 0.2) is 0 Å². The Bertz CT molecular complexity index is 654. The zero-order chi connectivity index (χ0) is 14.5. The van der Waals surface area contributed by atoms with Crippen molar-refractivity contribution in [2.24, 2.45) is 7.05 Å². The van der Waals surface area contributed by atoms with E-state index in [-0.39, 0.29) is 18.2 Å². The molecule has 0 fully saturated rings. The summed E-state index contributed by atoms with van der Waals surface area (Å²) < 4.78 is 6.65. The number of rotatable bonds is 5. The predicted molar refractivity (Wildman–Crippen MR) is 69.8 cm³/mol. The summed E-state index contributed by atoms with van der Waals surface area (Å²) in [5, 5.41) is 15.3. The van der Waals surface area contributed by atoms with E-state index in [0.29, 0.717) is 5.76 Å². The Hall–Kier alpha value is -2.83. The molecule has 2 rings (SSSR count). The standard InChI is InChI=1S/C13H13N3O4/c1-16-9(6-7-15-16)2-5-12(17)14-8-10-3-4-11(20-10)13(18)19/h2-7H,8H2,1H3,(H,14,17)(H,18,19)/b5-2+. The van der Waals surface area contributed by atoms with Gasteiger partial charge in [-0.3, -0.25) is 9.48 Å². The Kier molecular flexibility index (Phi) is 3.99. The van der Waals surface area contributed by atoms with Gasteiger partial charge in [-0.05, 0) is 24.3 Å². The van der Waals surface area contributed by atoms with Crippen molar-refractivity contribution < 1.29 is 19.1 Å². The van der Waals surface area contributed by atoms with Gasteiger partial charge in [0, 0.05) is 19.3 Å². The third kappa shape index (κ3) is 3.35. The molecule has 0 aliphatic heterocycles. The molecule has 0 radical (unpaired) electrons. The maximum absolute atomic E-state index is 11.6. The molecule has 0 aliphatic rings. The second-order valence-electron chi connectivity index (χ2n) is 4.00. The molecule has 1 amide bonds. The molecule has 0 spiro atoms. The number of carbonyl (C=O) groups excluding carboxylic acids is 1. The number of carbonyl (C=O) groups is 2. The number of hydrogen-bond donors (Lipinski definition) is 2. The maximum Gasteiger partial charge on any atom is 0.371 e. The molecule has 2 aromatic rings. The van der Waals surface area contributed by atoms with Crippen LogP contribution < -0.4 is 5.32 Å². The maximum atomic E-state index is 11.6. The number of aromatic carboxylic acids is 1. The van der Waals surface area contributed by atoms with Gasteiger partial charge in [-0.2, -0.15) is 5.10 Å². The van der Waals surface area contributed by atoms with E-state index in [9.17, 15) is 9.59 Å². The van der Waals surface area contributed by atoms with Crippen LogP contribution in [0.2, 0.25) is 0 Å². The van der Waals surface area contributed by atoms with E-state index in [2.05, 4.69) is 10.4 Å². The van der Waals surface area contributed by atoms with E-state index < -0.39 is 5.97 Å². The fraction of sp³-hybridized carbons (Fsp3) is 0.154. The monoisotopic (exact) mass is 275 g/mol. The molecular formula is C13H13N3O4. The Balaban J connectivity index is 1.87. The summed E-state index contributed by atoms with van der Waals surface area (Å²) >= 11 is 0. The topological polar surface area (TPSA) is 97.4 Å². The van der Waals surface area contributed by atoms with E-state index in [1.54, 1.807) is 30.1 Å². The Morgan fingerprint density at radius 3 is 2.85 bits per heavy atom. The molecule has 7 heteroatoms. The third-order valence-corrected chi connectivity index (χ3v) is 2.57. The summed E-state index contributed by atoms with van der Waals surface area (Å²) in [5.41, 5.74) is 0.798. The fourth-order valence-corrected chi connectivity index (χ4v) is 1.53. The number of carboxylic acids is 1. The van der Waals surface area contributed by atoms with Gasteiger partial charge >= 0.3 is 5.97 Å². The molecule has 0 unspecified atom stereocenters. The average molecular weight is 275 g/mol. The number of hydrogen-bond acceptors (Lipinski definition) is 4. The van der Waals surface area contributed by atoms with Gasteiger partial charge in [-0.25, -0.2) is 4.79 Å². The average Bonchev–Trinajstić information content (AvgIpc) is 3.03. The minimum Gasteiger partial charge on any atom is -0.475 e. The number of furan rings is 1. The first-order chi connectivity index (χ1) is 9.56. The Labute approximate surface area is 114 Å². The largest absolute Gasteiger partial charge is 0.475 e. The quantitative estimate of drug-likeness (QED) is 0.795. The summed E-state index contributed by atoms with van der Waals surface area (Å²) in [4.78, 5) is 22.2. The number of nitrogens with zero attached hydrogens (tertiary/aromatic N) is 2. The lowest BCUT2D eigenvalue weighted by Crippen LogP contribution is -2.19. The summed E-state index contributed by atoms with van der Waals surface area (Å²) in [6.45, 7) is 0.127. The van der Waals surface area contributed by atoms with Gasteiger partial charge in [-0.15, -0.1) is 0 Å². The number of aromatic nitrogens is 2. The normalized spacial score (nSPS) is 10.8. The third-order valence-electron chi connectivity index (χ3n) is 2.57. The van der Waals surface area contributed by atoms with Crippen molar-refractivity contribution in [3.8, 4) is 0 Å². The van der Waals surface area contributed by atoms with Crippen LogP contribution in [-0.4, -0.2) is 26.8 Å². The smallest absolute Gasteiger partial charge is 0.371 e. The van der Waals surface area contributed by atoms with Crippen LogP contribution in [-0.2, 0) is 18.4 Å². The molecule has 104 valence electrons. The molecule has 0 saturated heterocycles. The van der Waals surface area contributed by atoms with Crippen LogP contribution in [0.1, 0.15) is 22.0 Å². The van der Waals surface area contributed by atoms with Crippen molar-refractivity contribution in [2.45, 2.75) is 6.54 Å². The molecule has 20 heavy (non-hydrogen) atoms. The second kappa shape index (κ2) is 5.87. The lowest BCUT2D eigenvalue weighted by molar-refractivity contribution is -0.116. The first-order valence-electron chi connectivity index (χ1n) is 5.82. The molecule has 0 aromatic carbocycles. The Morgan fingerprint density at radius 1 is 1.45 bits per heavy atom. The number of amides is 1. The zero-order valence-corrected chi connectivity index (χ0v) is 10.7.